The summed E-state index contributed by atoms with van der Waals surface area (Å²) in [4.78, 5) is 18.7. The summed E-state index contributed by atoms with van der Waals surface area (Å²) in [5.74, 6) is 0.978. The first-order valence-corrected chi connectivity index (χ1v) is 11.3. The number of nitrogens with zero attached hydrogens (tertiary/aromatic N) is 4. The van der Waals surface area contributed by atoms with Gasteiger partial charge in [-0.05, 0) is 44.4 Å². The van der Waals surface area contributed by atoms with Crippen molar-refractivity contribution in [3.05, 3.63) is 58.9 Å². The molecule has 7 nitrogen and oxygen atoms in total. The van der Waals surface area contributed by atoms with Crippen molar-refractivity contribution in [1.29, 1.82) is 0 Å². The predicted octanol–water partition coefficient (Wildman–Crippen LogP) is 3.01. The average Bonchev–Trinajstić information content (AvgIpc) is 3.44. The van der Waals surface area contributed by atoms with Crippen LogP contribution in [0.3, 0.4) is 0 Å². The molecule has 1 aromatic carbocycles. The van der Waals surface area contributed by atoms with Gasteiger partial charge in [0.05, 0.1) is 24.5 Å². The monoisotopic (exact) mass is 422 g/mol. The standard InChI is InChI=1S/C24H30N4O3/c1-18-15-24(29)27(17-25-18)13-12-26-9-5-20(6-10-26)31-23-4-2-3-22-21(23)7-11-28(22)19-8-14-30-16-19/h2-4,7,11,15,17,19-20H,5-6,8-10,12-14,16H2,1H3. The Kier molecular flexibility index (Phi) is 5.78. The molecule has 2 saturated heterocycles. The van der Waals surface area contributed by atoms with Crippen molar-refractivity contribution in [3.8, 4) is 5.75 Å². The smallest absolute Gasteiger partial charge is 0.253 e. The van der Waals surface area contributed by atoms with E-state index in [1.54, 1.807) is 17.0 Å². The van der Waals surface area contributed by atoms with E-state index in [0.717, 1.165) is 63.6 Å². The Morgan fingerprint density at radius 2 is 2.03 bits per heavy atom. The lowest BCUT2D eigenvalue weighted by Crippen LogP contribution is -2.40. The zero-order valence-corrected chi connectivity index (χ0v) is 18.1. The molecule has 3 aromatic rings. The van der Waals surface area contributed by atoms with Crippen LogP contribution in [0.25, 0.3) is 10.9 Å². The molecular formula is C24H30N4O3. The fraction of sp³-hybridized carbons (Fsp3) is 0.500. The van der Waals surface area contributed by atoms with E-state index in [-0.39, 0.29) is 11.7 Å². The number of ether oxygens (including phenoxy) is 2. The van der Waals surface area contributed by atoms with E-state index in [1.165, 1.54) is 10.9 Å². The largest absolute Gasteiger partial charge is 0.490 e. The second-order valence-corrected chi connectivity index (χ2v) is 8.65. The van der Waals surface area contributed by atoms with Gasteiger partial charge in [-0.25, -0.2) is 4.98 Å². The number of benzene rings is 1. The van der Waals surface area contributed by atoms with Gasteiger partial charge in [0.1, 0.15) is 11.9 Å². The molecule has 1 unspecified atom stereocenters. The van der Waals surface area contributed by atoms with Gasteiger partial charge < -0.3 is 18.9 Å². The van der Waals surface area contributed by atoms with E-state index in [4.69, 9.17) is 9.47 Å². The molecule has 31 heavy (non-hydrogen) atoms. The van der Waals surface area contributed by atoms with Crippen LogP contribution < -0.4 is 10.3 Å². The SMILES string of the molecule is Cc1cc(=O)n(CCN2CCC(Oc3cccc4c3ccn4C3CCOC3)CC2)cn1. The highest BCUT2D eigenvalue weighted by atomic mass is 16.5. The normalized spacial score (nSPS) is 20.5. The van der Waals surface area contributed by atoms with Gasteiger partial charge in [-0.3, -0.25) is 9.36 Å². The van der Waals surface area contributed by atoms with E-state index in [1.807, 2.05) is 6.92 Å². The van der Waals surface area contributed by atoms with Crippen LogP contribution in [0.1, 0.15) is 31.0 Å². The van der Waals surface area contributed by atoms with Crippen molar-refractivity contribution in [2.45, 2.75) is 44.9 Å². The van der Waals surface area contributed by atoms with E-state index in [2.05, 4.69) is 44.9 Å². The fourth-order valence-electron chi connectivity index (χ4n) is 4.69. The Hall–Kier alpha value is -2.64. The van der Waals surface area contributed by atoms with E-state index < -0.39 is 0 Å². The predicted molar refractivity (Wildman–Crippen MR) is 120 cm³/mol. The highest BCUT2D eigenvalue weighted by Crippen LogP contribution is 2.32. The molecule has 0 bridgehead atoms. The molecule has 1 atom stereocenters. The maximum Gasteiger partial charge on any atom is 0.253 e. The third-order valence-corrected chi connectivity index (χ3v) is 6.52. The number of aromatic nitrogens is 3. The topological polar surface area (TPSA) is 61.5 Å². The fourth-order valence-corrected chi connectivity index (χ4v) is 4.69. The summed E-state index contributed by atoms with van der Waals surface area (Å²) >= 11 is 0. The summed E-state index contributed by atoms with van der Waals surface area (Å²) in [6.45, 7) is 6.97. The summed E-state index contributed by atoms with van der Waals surface area (Å²) in [7, 11) is 0. The van der Waals surface area contributed by atoms with Crippen LogP contribution in [0.5, 0.6) is 5.75 Å². The molecule has 4 heterocycles. The zero-order chi connectivity index (χ0) is 21.2. The molecule has 2 aliphatic heterocycles. The molecule has 5 rings (SSSR count). The summed E-state index contributed by atoms with van der Waals surface area (Å²) in [6.07, 6.45) is 7.10. The van der Waals surface area contributed by atoms with Gasteiger partial charge in [0, 0.05) is 56.1 Å². The Bertz CT molecular complexity index is 1090. The highest BCUT2D eigenvalue weighted by molar-refractivity contribution is 5.86. The first-order valence-electron chi connectivity index (χ1n) is 11.3. The quantitative estimate of drug-likeness (QED) is 0.611. The minimum atomic E-state index is 0.0231. The lowest BCUT2D eigenvalue weighted by atomic mass is 10.1. The number of hydrogen-bond acceptors (Lipinski definition) is 5. The molecule has 0 N–H and O–H groups in total. The van der Waals surface area contributed by atoms with Gasteiger partial charge in [-0.2, -0.15) is 0 Å². The molecule has 0 amide bonds. The number of rotatable bonds is 6. The summed E-state index contributed by atoms with van der Waals surface area (Å²) in [6, 6.07) is 10.5. The molecule has 2 fully saturated rings. The van der Waals surface area contributed by atoms with Crippen LogP contribution in [-0.4, -0.2) is 58.0 Å². The number of aryl methyl sites for hydroxylation is 1. The van der Waals surface area contributed by atoms with Crippen molar-refractivity contribution in [2.75, 3.05) is 32.8 Å². The molecule has 0 spiro atoms. The van der Waals surface area contributed by atoms with Crippen LogP contribution in [-0.2, 0) is 11.3 Å². The number of likely N-dealkylation sites (tertiary alicyclic amines) is 1. The molecule has 0 saturated carbocycles. The van der Waals surface area contributed by atoms with Crippen LogP contribution in [0, 0.1) is 6.92 Å². The Labute approximate surface area is 182 Å². The minimum absolute atomic E-state index is 0.0231. The van der Waals surface area contributed by atoms with Crippen LogP contribution in [0.15, 0.2) is 47.7 Å². The molecule has 0 radical (unpaired) electrons. The first-order chi connectivity index (χ1) is 15.2. The zero-order valence-electron chi connectivity index (χ0n) is 18.1. The lowest BCUT2D eigenvalue weighted by molar-refractivity contribution is 0.0995. The van der Waals surface area contributed by atoms with Crippen molar-refractivity contribution in [3.63, 3.8) is 0 Å². The average molecular weight is 423 g/mol. The third kappa shape index (κ3) is 4.38. The van der Waals surface area contributed by atoms with Gasteiger partial charge in [-0.15, -0.1) is 0 Å². The van der Waals surface area contributed by atoms with Crippen molar-refractivity contribution in [2.24, 2.45) is 0 Å². The Morgan fingerprint density at radius 1 is 1.16 bits per heavy atom. The van der Waals surface area contributed by atoms with Crippen LogP contribution >= 0.6 is 0 Å². The summed E-state index contributed by atoms with van der Waals surface area (Å²) in [5, 5.41) is 1.18. The molecule has 164 valence electrons. The molecule has 2 aliphatic rings. The Morgan fingerprint density at radius 3 is 2.81 bits per heavy atom. The Balaban J connectivity index is 1.18. The molecular weight excluding hydrogens is 392 g/mol. The first kappa shape index (κ1) is 20.3. The van der Waals surface area contributed by atoms with Gasteiger partial charge >= 0.3 is 0 Å². The van der Waals surface area contributed by atoms with Crippen LogP contribution in [0.2, 0.25) is 0 Å². The van der Waals surface area contributed by atoms with Gasteiger partial charge in [0.15, 0.2) is 0 Å². The van der Waals surface area contributed by atoms with E-state index in [0.29, 0.717) is 12.6 Å². The maximum atomic E-state index is 12.0. The highest BCUT2D eigenvalue weighted by Gasteiger charge is 2.23. The lowest BCUT2D eigenvalue weighted by Gasteiger charge is -2.32. The van der Waals surface area contributed by atoms with Crippen molar-refractivity contribution < 1.29 is 9.47 Å². The molecule has 0 aliphatic carbocycles. The number of piperidine rings is 1. The van der Waals surface area contributed by atoms with Gasteiger partial charge in [0.2, 0.25) is 0 Å². The van der Waals surface area contributed by atoms with E-state index in [9.17, 15) is 4.79 Å². The molecule has 7 heteroatoms. The van der Waals surface area contributed by atoms with Crippen LogP contribution in [0.4, 0.5) is 0 Å². The second kappa shape index (κ2) is 8.85. The third-order valence-electron chi connectivity index (χ3n) is 6.52. The van der Waals surface area contributed by atoms with Crippen molar-refractivity contribution >= 4 is 10.9 Å². The van der Waals surface area contributed by atoms with Gasteiger partial charge in [-0.1, -0.05) is 6.07 Å². The molecule has 2 aromatic heterocycles. The summed E-state index contributed by atoms with van der Waals surface area (Å²) in [5.41, 5.74) is 2.01. The minimum Gasteiger partial charge on any atom is -0.490 e. The van der Waals surface area contributed by atoms with Gasteiger partial charge in [0.25, 0.3) is 5.56 Å². The van der Waals surface area contributed by atoms with Crippen molar-refractivity contribution in [1.82, 2.24) is 19.0 Å². The number of fused-ring (bicyclic) bond motifs is 1. The summed E-state index contributed by atoms with van der Waals surface area (Å²) < 4.78 is 16.0. The van der Waals surface area contributed by atoms with E-state index >= 15 is 0 Å². The second-order valence-electron chi connectivity index (χ2n) is 8.65. The number of hydrogen-bond donors (Lipinski definition) is 0. The maximum absolute atomic E-state index is 12.0.